The van der Waals surface area contributed by atoms with Gasteiger partial charge in [-0.3, -0.25) is 34.6 Å². The van der Waals surface area contributed by atoms with Crippen molar-refractivity contribution in [3.63, 3.8) is 0 Å². The molecule has 0 spiro atoms. The lowest BCUT2D eigenvalue weighted by atomic mass is 9.76. The number of amides is 5. The number of nitrogens with one attached hydrogen (secondary N) is 3. The van der Waals surface area contributed by atoms with Crippen LogP contribution in [0, 0.1) is 17.0 Å². The highest BCUT2D eigenvalue weighted by atomic mass is 19.4. The van der Waals surface area contributed by atoms with E-state index in [1.54, 1.807) is 55.7 Å². The predicted molar refractivity (Wildman–Crippen MR) is 195 cm³/mol. The van der Waals surface area contributed by atoms with Crippen molar-refractivity contribution >= 4 is 35.5 Å². The van der Waals surface area contributed by atoms with Crippen LogP contribution in [0.5, 0.6) is 0 Å². The van der Waals surface area contributed by atoms with Crippen LogP contribution in [0.2, 0.25) is 0 Å². The highest BCUT2D eigenvalue weighted by Gasteiger charge is 2.48. The first-order valence-corrected chi connectivity index (χ1v) is 17.8. The van der Waals surface area contributed by atoms with E-state index in [-0.39, 0.29) is 36.7 Å². The molecule has 1 aliphatic heterocycles. The van der Waals surface area contributed by atoms with Crippen LogP contribution in [-0.4, -0.2) is 99.2 Å². The number of ether oxygens (including phenoxy) is 1. The zero-order chi connectivity index (χ0) is 43.0. The maximum Gasteiger partial charge on any atom is 0.491 e. The number of aromatic nitrogens is 2. The van der Waals surface area contributed by atoms with E-state index in [1.165, 1.54) is 6.20 Å². The Morgan fingerprint density at radius 3 is 2.19 bits per heavy atom. The fourth-order valence-electron chi connectivity index (χ4n) is 5.96. The molecule has 15 nitrogen and oxygen atoms in total. The lowest BCUT2D eigenvalue weighted by Crippen LogP contribution is -2.60. The molecule has 6 N–H and O–H groups in total. The molecule has 0 unspecified atom stereocenters. The molecule has 0 saturated heterocycles. The first-order valence-electron chi connectivity index (χ1n) is 17.8. The maximum atomic E-state index is 14.9. The summed E-state index contributed by atoms with van der Waals surface area (Å²) < 4.78 is 74.6. The molecule has 1 aliphatic rings. The fourth-order valence-corrected chi connectivity index (χ4v) is 5.96. The Morgan fingerprint density at radius 2 is 1.57 bits per heavy atom. The van der Waals surface area contributed by atoms with Gasteiger partial charge in [-0.05, 0) is 29.2 Å². The molecule has 3 atom stereocenters. The van der Waals surface area contributed by atoms with Crippen molar-refractivity contribution in [2.75, 3.05) is 26.2 Å². The van der Waals surface area contributed by atoms with Crippen LogP contribution < -0.4 is 21.7 Å². The largest absolute Gasteiger partial charge is 0.491 e. The standard InChI is InChI=1S/C38H42F5N7O8/c1-36(2,3)30(32-48-26(24-19-23(39)9-10-25(24)40)21-49(32)20-22-7-5-4-6-8-22)31(54)33(55)46-16-14-37(44,58-35(57)38(41,42)43)34(56)47-15-13-27(51)45-17-18-50-28(52)11-12-29(50)53/h4-12,19,21,30-31,54H,13-18,20,44H2,1-3H3,(H,45,51)(H,46,55)(H,47,56)/t30-,31-,37-/m0/s1. The van der Waals surface area contributed by atoms with Gasteiger partial charge in [0.25, 0.3) is 17.7 Å². The minimum Gasteiger partial charge on any atom is -0.428 e. The zero-order valence-electron chi connectivity index (χ0n) is 31.6. The number of nitrogens with two attached hydrogens (primary N) is 1. The number of nitrogens with zero attached hydrogens (tertiary/aromatic N) is 3. The maximum absolute atomic E-state index is 14.9. The molecule has 0 fully saturated rings. The van der Waals surface area contributed by atoms with E-state index in [0.29, 0.717) is 0 Å². The number of benzene rings is 2. The number of halogens is 5. The second-order valence-electron chi connectivity index (χ2n) is 14.3. The van der Waals surface area contributed by atoms with E-state index in [9.17, 15) is 55.8 Å². The summed E-state index contributed by atoms with van der Waals surface area (Å²) in [6.07, 6.45) is -5.34. The third-order valence-electron chi connectivity index (χ3n) is 8.89. The van der Waals surface area contributed by atoms with Crippen LogP contribution in [0.3, 0.4) is 0 Å². The Morgan fingerprint density at radius 1 is 0.914 bits per heavy atom. The number of hydrogen-bond acceptors (Lipinski definition) is 10. The summed E-state index contributed by atoms with van der Waals surface area (Å²) in [5.74, 6) is -9.78. The molecule has 4 rings (SSSR count). The Bertz CT molecular complexity index is 2030. The van der Waals surface area contributed by atoms with E-state index in [4.69, 9.17) is 5.73 Å². The van der Waals surface area contributed by atoms with Gasteiger partial charge in [0.2, 0.25) is 17.5 Å². The molecule has 312 valence electrons. The average molecular weight is 820 g/mol. The minimum atomic E-state index is -5.58. The van der Waals surface area contributed by atoms with Gasteiger partial charge < -0.3 is 30.4 Å². The van der Waals surface area contributed by atoms with Crippen molar-refractivity contribution in [2.45, 2.75) is 64.1 Å². The van der Waals surface area contributed by atoms with Gasteiger partial charge >= 0.3 is 12.1 Å². The second-order valence-corrected chi connectivity index (χ2v) is 14.3. The van der Waals surface area contributed by atoms with Crippen LogP contribution in [0.25, 0.3) is 11.3 Å². The number of aliphatic hydroxyl groups excluding tert-OH is 1. The number of imide groups is 1. The van der Waals surface area contributed by atoms with Gasteiger partial charge in [-0.25, -0.2) is 18.6 Å². The van der Waals surface area contributed by atoms with Crippen molar-refractivity contribution in [1.82, 2.24) is 30.4 Å². The van der Waals surface area contributed by atoms with Crippen LogP contribution in [-0.2, 0) is 40.0 Å². The second kappa shape index (κ2) is 18.5. The summed E-state index contributed by atoms with van der Waals surface area (Å²) in [6.45, 7) is 3.65. The number of imidazole rings is 1. The molecule has 2 aromatic carbocycles. The summed E-state index contributed by atoms with van der Waals surface area (Å²) in [5, 5.41) is 18.3. The first kappa shape index (κ1) is 44.7. The van der Waals surface area contributed by atoms with Crippen molar-refractivity contribution in [3.8, 4) is 11.3 Å². The third-order valence-corrected chi connectivity index (χ3v) is 8.89. The highest BCUT2D eigenvalue weighted by Crippen LogP contribution is 2.39. The van der Waals surface area contributed by atoms with Crippen LogP contribution in [0.4, 0.5) is 22.0 Å². The highest BCUT2D eigenvalue weighted by molar-refractivity contribution is 6.12. The van der Waals surface area contributed by atoms with E-state index in [2.05, 4.69) is 25.7 Å². The lowest BCUT2D eigenvalue weighted by Gasteiger charge is -2.34. The number of hydrogen-bond donors (Lipinski definition) is 5. The van der Waals surface area contributed by atoms with Gasteiger partial charge in [0.05, 0.1) is 11.6 Å². The van der Waals surface area contributed by atoms with Gasteiger partial charge in [0.1, 0.15) is 23.6 Å². The molecule has 0 radical (unpaired) electrons. The van der Waals surface area contributed by atoms with Crippen molar-refractivity contribution < 1.29 is 60.6 Å². The monoisotopic (exact) mass is 819 g/mol. The number of carbonyl (C=O) groups excluding carboxylic acids is 6. The quantitative estimate of drug-likeness (QED) is 0.0580. The zero-order valence-corrected chi connectivity index (χ0v) is 31.6. The van der Waals surface area contributed by atoms with Crippen molar-refractivity contribution in [2.24, 2.45) is 11.1 Å². The van der Waals surface area contributed by atoms with E-state index >= 15 is 0 Å². The third kappa shape index (κ3) is 11.5. The number of esters is 1. The first-order chi connectivity index (χ1) is 27.1. The SMILES string of the molecule is CC(C)(C)[C@H](c1nc(-c2cc(F)ccc2F)cn1Cc1ccccc1)[C@H](O)C(=O)NCC[C@](N)(OC(=O)C(F)(F)F)C(=O)NCCC(=O)NCCN1C(=O)C=CC1=O. The summed E-state index contributed by atoms with van der Waals surface area (Å²) >= 11 is 0. The topological polar surface area (TPSA) is 215 Å². The van der Waals surface area contributed by atoms with Crippen molar-refractivity contribution in [3.05, 3.63) is 89.9 Å². The van der Waals surface area contributed by atoms with E-state index in [0.717, 1.165) is 40.8 Å². The molecular formula is C38H42F5N7O8. The van der Waals surface area contributed by atoms with Crippen molar-refractivity contribution in [1.29, 1.82) is 0 Å². The smallest absolute Gasteiger partial charge is 0.428 e. The van der Waals surface area contributed by atoms with Gasteiger partial charge in [-0.15, -0.1) is 0 Å². The molecule has 1 aromatic heterocycles. The Labute approximate surface area is 328 Å². The number of alkyl halides is 3. The van der Waals surface area contributed by atoms with Gasteiger partial charge in [-0.1, -0.05) is 51.1 Å². The fraction of sp³-hybridized carbons (Fsp3) is 0.395. The molecule has 3 aromatic rings. The van der Waals surface area contributed by atoms with Crippen LogP contribution >= 0.6 is 0 Å². The average Bonchev–Trinajstić information content (AvgIpc) is 3.69. The summed E-state index contributed by atoms with van der Waals surface area (Å²) in [7, 11) is 0. The predicted octanol–water partition coefficient (Wildman–Crippen LogP) is 2.18. The molecular weight excluding hydrogens is 777 g/mol. The summed E-state index contributed by atoms with van der Waals surface area (Å²) in [6, 6.07) is 11.7. The molecule has 0 aliphatic carbocycles. The molecule has 20 heteroatoms. The Hall–Kier alpha value is -6.02. The molecule has 2 heterocycles. The Balaban J connectivity index is 1.48. The summed E-state index contributed by atoms with van der Waals surface area (Å²) in [4.78, 5) is 79.3. The normalized spacial score (nSPS) is 15.1. The lowest BCUT2D eigenvalue weighted by molar-refractivity contribution is -0.214. The molecule has 58 heavy (non-hydrogen) atoms. The molecule has 5 amide bonds. The van der Waals surface area contributed by atoms with Crippen LogP contribution in [0.15, 0.2) is 66.9 Å². The number of carbonyl (C=O) groups is 6. The van der Waals surface area contributed by atoms with Gasteiger partial charge in [0, 0.05) is 69.5 Å². The number of rotatable bonds is 17. The molecule has 0 bridgehead atoms. The van der Waals surface area contributed by atoms with Gasteiger partial charge in [0.15, 0.2) is 0 Å². The Kier molecular flexibility index (Phi) is 14.3. The number of aliphatic hydroxyl groups is 1. The summed E-state index contributed by atoms with van der Waals surface area (Å²) in [5.41, 5.74) is 2.46. The van der Waals surface area contributed by atoms with E-state index < -0.39 is 102 Å². The van der Waals surface area contributed by atoms with Crippen LogP contribution in [0.1, 0.15) is 50.9 Å². The van der Waals surface area contributed by atoms with E-state index in [1.807, 2.05) is 0 Å². The minimum absolute atomic E-state index is 0.000266. The van der Waals surface area contributed by atoms with Gasteiger partial charge in [-0.2, -0.15) is 13.2 Å². The molecule has 0 saturated carbocycles.